The number of hydrogen-bond donors (Lipinski definition) is 1. The Bertz CT molecular complexity index is 216. The van der Waals surface area contributed by atoms with Gasteiger partial charge in [0.1, 0.15) is 0 Å². The Kier molecular flexibility index (Phi) is 0.798. The van der Waals surface area contributed by atoms with Crippen molar-refractivity contribution < 1.29 is 4.74 Å². The zero-order valence-corrected chi connectivity index (χ0v) is 4.66. The lowest BCUT2D eigenvalue weighted by Crippen LogP contribution is -2.23. The summed E-state index contributed by atoms with van der Waals surface area (Å²) in [5, 5.41) is 2.85. The fraction of sp³-hybridized carbons (Fsp3) is 0.200. The number of rotatable bonds is 0. The molecule has 0 aromatic rings. The summed E-state index contributed by atoms with van der Waals surface area (Å²) < 4.78 is 5.04. The molecule has 0 fully saturated rings. The first-order valence-corrected chi connectivity index (χ1v) is 2.63. The molecule has 0 saturated carbocycles. The van der Waals surface area contributed by atoms with Crippen molar-refractivity contribution in [2.24, 2.45) is 9.98 Å². The lowest BCUT2D eigenvalue weighted by molar-refractivity contribution is 0.260. The van der Waals surface area contributed by atoms with E-state index in [1.54, 1.807) is 12.5 Å². The van der Waals surface area contributed by atoms with Crippen molar-refractivity contribution >= 4 is 12.2 Å². The van der Waals surface area contributed by atoms with Gasteiger partial charge < -0.3 is 10.1 Å². The molecule has 2 heterocycles. The van der Waals surface area contributed by atoms with Gasteiger partial charge in [0, 0.05) is 0 Å². The van der Waals surface area contributed by atoms with Crippen molar-refractivity contribution in [2.75, 3.05) is 6.73 Å². The number of ether oxygens (including phenoxy) is 1. The summed E-state index contributed by atoms with van der Waals surface area (Å²) in [4.78, 5) is 7.80. The van der Waals surface area contributed by atoms with Crippen LogP contribution in [0.5, 0.6) is 0 Å². The van der Waals surface area contributed by atoms with Gasteiger partial charge in [0.05, 0.1) is 12.5 Å². The molecule has 0 radical (unpaired) electrons. The highest BCUT2D eigenvalue weighted by molar-refractivity contribution is 6.05. The van der Waals surface area contributed by atoms with E-state index in [0.29, 0.717) is 6.73 Å². The predicted molar refractivity (Wildman–Crippen MR) is 33.1 cm³/mol. The van der Waals surface area contributed by atoms with Crippen LogP contribution in [0, 0.1) is 0 Å². The van der Waals surface area contributed by atoms with Gasteiger partial charge in [-0.2, -0.15) is 0 Å². The predicted octanol–water partition coefficient (Wildman–Crippen LogP) is -0.155. The average molecular weight is 123 g/mol. The van der Waals surface area contributed by atoms with Crippen molar-refractivity contribution in [3.63, 3.8) is 0 Å². The maximum absolute atomic E-state index is 5.04. The first-order valence-electron chi connectivity index (χ1n) is 2.63. The van der Waals surface area contributed by atoms with Crippen LogP contribution < -0.4 is 5.32 Å². The van der Waals surface area contributed by atoms with Crippen LogP contribution in [0.25, 0.3) is 0 Å². The molecule has 0 amide bonds. The minimum Gasteiger partial charge on any atom is -0.466 e. The molecule has 0 spiro atoms. The van der Waals surface area contributed by atoms with E-state index in [1.807, 2.05) is 0 Å². The topological polar surface area (TPSA) is 46.0 Å². The fourth-order valence-electron chi connectivity index (χ4n) is 0.731. The van der Waals surface area contributed by atoms with Gasteiger partial charge in [-0.25, -0.2) is 9.98 Å². The third-order valence-corrected chi connectivity index (χ3v) is 1.14. The SMILES string of the molecule is C1=NC=C2OCN=C2N1. The highest BCUT2D eigenvalue weighted by atomic mass is 16.5. The van der Waals surface area contributed by atoms with E-state index in [2.05, 4.69) is 15.3 Å². The van der Waals surface area contributed by atoms with Gasteiger partial charge in [-0.05, 0) is 0 Å². The van der Waals surface area contributed by atoms with Crippen LogP contribution in [0.1, 0.15) is 0 Å². The smallest absolute Gasteiger partial charge is 0.182 e. The molecule has 0 aromatic carbocycles. The first-order chi connectivity index (χ1) is 4.47. The maximum atomic E-state index is 5.04. The Morgan fingerprint density at radius 3 is 3.56 bits per heavy atom. The molecular formula is C5H5N3O. The van der Waals surface area contributed by atoms with Gasteiger partial charge in [-0.15, -0.1) is 0 Å². The summed E-state index contributed by atoms with van der Waals surface area (Å²) in [6.45, 7) is 0.414. The zero-order valence-electron chi connectivity index (χ0n) is 4.66. The lowest BCUT2D eigenvalue weighted by atomic mass is 10.4. The second-order valence-corrected chi connectivity index (χ2v) is 1.70. The summed E-state index contributed by atoms with van der Waals surface area (Å²) in [5.74, 6) is 1.52. The summed E-state index contributed by atoms with van der Waals surface area (Å²) in [7, 11) is 0. The molecule has 4 heteroatoms. The van der Waals surface area contributed by atoms with E-state index in [0.717, 1.165) is 11.6 Å². The second kappa shape index (κ2) is 1.58. The zero-order chi connectivity index (χ0) is 6.10. The number of hydrogen-bond acceptors (Lipinski definition) is 4. The van der Waals surface area contributed by atoms with Gasteiger partial charge in [-0.3, -0.25) is 0 Å². The van der Waals surface area contributed by atoms with Crippen molar-refractivity contribution in [3.05, 3.63) is 12.0 Å². The van der Waals surface area contributed by atoms with E-state index < -0.39 is 0 Å². The largest absolute Gasteiger partial charge is 0.466 e. The van der Waals surface area contributed by atoms with Gasteiger partial charge in [0.15, 0.2) is 18.3 Å². The third-order valence-electron chi connectivity index (χ3n) is 1.14. The molecule has 1 N–H and O–H groups in total. The molecule has 46 valence electrons. The normalized spacial score (nSPS) is 21.3. The first kappa shape index (κ1) is 4.55. The van der Waals surface area contributed by atoms with Crippen molar-refractivity contribution in [1.29, 1.82) is 0 Å². The summed E-state index contributed by atoms with van der Waals surface area (Å²) in [6, 6.07) is 0. The van der Waals surface area contributed by atoms with Crippen LogP contribution in [0.2, 0.25) is 0 Å². The molecule has 2 aliphatic rings. The molecule has 0 unspecified atom stereocenters. The van der Waals surface area contributed by atoms with Crippen LogP contribution in [-0.4, -0.2) is 18.9 Å². The van der Waals surface area contributed by atoms with Crippen LogP contribution in [0.3, 0.4) is 0 Å². The van der Waals surface area contributed by atoms with Crippen LogP contribution in [-0.2, 0) is 4.74 Å². The molecule has 0 saturated heterocycles. The Hall–Kier alpha value is -1.32. The quantitative estimate of drug-likeness (QED) is 0.486. The minimum absolute atomic E-state index is 0.414. The van der Waals surface area contributed by atoms with Crippen molar-refractivity contribution in [1.82, 2.24) is 5.32 Å². The van der Waals surface area contributed by atoms with E-state index in [4.69, 9.17) is 4.74 Å². The Balaban J connectivity index is 2.37. The summed E-state index contributed by atoms with van der Waals surface area (Å²) in [5.41, 5.74) is 0. The van der Waals surface area contributed by atoms with Crippen molar-refractivity contribution in [3.8, 4) is 0 Å². The molecule has 9 heavy (non-hydrogen) atoms. The van der Waals surface area contributed by atoms with E-state index in [-0.39, 0.29) is 0 Å². The van der Waals surface area contributed by atoms with E-state index in [9.17, 15) is 0 Å². The molecule has 0 atom stereocenters. The van der Waals surface area contributed by atoms with Crippen LogP contribution in [0.15, 0.2) is 21.9 Å². The Morgan fingerprint density at radius 1 is 1.67 bits per heavy atom. The molecule has 0 bridgehead atoms. The molecule has 0 aliphatic carbocycles. The molecule has 0 aromatic heterocycles. The number of amidine groups is 1. The third kappa shape index (κ3) is 0.595. The maximum Gasteiger partial charge on any atom is 0.182 e. The molecular weight excluding hydrogens is 118 g/mol. The Morgan fingerprint density at radius 2 is 2.67 bits per heavy atom. The minimum atomic E-state index is 0.414. The van der Waals surface area contributed by atoms with E-state index >= 15 is 0 Å². The number of nitrogens with zero attached hydrogens (tertiary/aromatic N) is 2. The molecule has 2 aliphatic heterocycles. The van der Waals surface area contributed by atoms with Crippen LogP contribution in [0.4, 0.5) is 0 Å². The lowest BCUT2D eigenvalue weighted by Gasteiger charge is -2.03. The molecule has 4 nitrogen and oxygen atoms in total. The number of nitrogens with one attached hydrogen (secondary N) is 1. The fourth-order valence-corrected chi connectivity index (χ4v) is 0.731. The van der Waals surface area contributed by atoms with Crippen LogP contribution >= 0.6 is 0 Å². The van der Waals surface area contributed by atoms with Gasteiger partial charge >= 0.3 is 0 Å². The summed E-state index contributed by atoms with van der Waals surface area (Å²) in [6.07, 6.45) is 3.22. The van der Waals surface area contributed by atoms with Gasteiger partial charge in [-0.1, -0.05) is 0 Å². The highest BCUT2D eigenvalue weighted by Gasteiger charge is 2.14. The van der Waals surface area contributed by atoms with Gasteiger partial charge in [0.2, 0.25) is 0 Å². The second-order valence-electron chi connectivity index (χ2n) is 1.70. The van der Waals surface area contributed by atoms with Gasteiger partial charge in [0.25, 0.3) is 0 Å². The number of fused-ring (bicyclic) bond motifs is 1. The summed E-state index contributed by atoms with van der Waals surface area (Å²) >= 11 is 0. The monoisotopic (exact) mass is 123 g/mol. The van der Waals surface area contributed by atoms with E-state index in [1.165, 1.54) is 0 Å². The average Bonchev–Trinajstić information content (AvgIpc) is 2.33. The molecule has 2 rings (SSSR count). The standard InChI is InChI=1S/C5H5N3O/c1-4-5(7-2-6-1)8-3-9-4/h1-2H,3H2,(H,6,7,8). The number of aliphatic imine (C=N–C) groups is 2. The highest BCUT2D eigenvalue weighted by Crippen LogP contribution is 2.08. The van der Waals surface area contributed by atoms with Crippen molar-refractivity contribution in [2.45, 2.75) is 0 Å². The Labute approximate surface area is 52.0 Å².